The Labute approximate surface area is 109 Å². The molecule has 1 atom stereocenters. The van der Waals surface area contributed by atoms with Crippen LogP contribution in [0.3, 0.4) is 0 Å². The third-order valence-electron chi connectivity index (χ3n) is 2.41. The molecule has 2 N–H and O–H groups in total. The lowest BCUT2D eigenvalue weighted by atomic mass is 10.1. The molecule has 0 aliphatic rings. The first-order valence-corrected chi connectivity index (χ1v) is 6.26. The second-order valence-electron chi connectivity index (χ2n) is 3.85. The fourth-order valence-corrected chi connectivity index (χ4v) is 1.94. The Kier molecular flexibility index (Phi) is 4.38. The lowest BCUT2D eigenvalue weighted by Crippen LogP contribution is -2.33. The number of aliphatic hydroxyl groups is 1. The molecule has 0 radical (unpaired) electrons. The van der Waals surface area contributed by atoms with Crippen molar-refractivity contribution in [2.45, 2.75) is 12.5 Å². The minimum Gasteiger partial charge on any atom is -0.391 e. The molecular formula is C12H13N3O2S. The number of aromatic nitrogens is 2. The van der Waals surface area contributed by atoms with Gasteiger partial charge in [-0.25, -0.2) is 0 Å². The summed E-state index contributed by atoms with van der Waals surface area (Å²) < 4.78 is 7.56. The van der Waals surface area contributed by atoms with Crippen LogP contribution in [0.1, 0.15) is 16.1 Å². The van der Waals surface area contributed by atoms with Gasteiger partial charge in [0.25, 0.3) is 5.91 Å². The lowest BCUT2D eigenvalue weighted by molar-refractivity contribution is 0.0912. The van der Waals surface area contributed by atoms with Crippen molar-refractivity contribution in [3.63, 3.8) is 0 Å². The Morgan fingerprint density at radius 1 is 1.39 bits per heavy atom. The van der Waals surface area contributed by atoms with Crippen LogP contribution in [0.2, 0.25) is 0 Å². The second kappa shape index (κ2) is 6.23. The van der Waals surface area contributed by atoms with Crippen LogP contribution in [0.5, 0.6) is 0 Å². The normalized spacial score (nSPS) is 12.1. The second-order valence-corrected chi connectivity index (χ2v) is 4.40. The van der Waals surface area contributed by atoms with Gasteiger partial charge in [0.1, 0.15) is 0 Å². The molecule has 0 saturated carbocycles. The number of carbonyl (C=O) groups excluding carboxylic acids is 1. The molecule has 0 spiro atoms. The number of hydrogen-bond acceptors (Lipinski definition) is 5. The summed E-state index contributed by atoms with van der Waals surface area (Å²) in [5.41, 5.74) is 1.32. The maximum absolute atomic E-state index is 11.5. The molecule has 2 rings (SSSR count). The van der Waals surface area contributed by atoms with Gasteiger partial charge in [0.05, 0.1) is 24.0 Å². The summed E-state index contributed by atoms with van der Waals surface area (Å²) in [5, 5.41) is 12.4. The summed E-state index contributed by atoms with van der Waals surface area (Å²) in [6.45, 7) is 0.200. The van der Waals surface area contributed by atoms with E-state index in [1.807, 2.05) is 30.3 Å². The van der Waals surface area contributed by atoms with Crippen LogP contribution in [-0.2, 0) is 6.42 Å². The SMILES string of the molecule is O=C(NCC(O)Cc1ccccc1)c1cnsn1. The highest BCUT2D eigenvalue weighted by atomic mass is 32.1. The Morgan fingerprint density at radius 3 is 2.83 bits per heavy atom. The highest BCUT2D eigenvalue weighted by Crippen LogP contribution is 2.02. The zero-order chi connectivity index (χ0) is 12.8. The average Bonchev–Trinajstić information content (AvgIpc) is 2.91. The molecular weight excluding hydrogens is 250 g/mol. The smallest absolute Gasteiger partial charge is 0.272 e. The minimum absolute atomic E-state index is 0.200. The predicted molar refractivity (Wildman–Crippen MR) is 68.4 cm³/mol. The number of carbonyl (C=O) groups is 1. The fraction of sp³-hybridized carbons (Fsp3) is 0.250. The van der Waals surface area contributed by atoms with Gasteiger partial charge in [-0.2, -0.15) is 8.75 Å². The van der Waals surface area contributed by atoms with Crippen molar-refractivity contribution in [1.29, 1.82) is 0 Å². The summed E-state index contributed by atoms with van der Waals surface area (Å²) in [5.74, 6) is -0.309. The molecule has 0 bridgehead atoms. The molecule has 6 heteroatoms. The highest BCUT2D eigenvalue weighted by Gasteiger charge is 2.11. The van der Waals surface area contributed by atoms with Gasteiger partial charge < -0.3 is 10.4 Å². The largest absolute Gasteiger partial charge is 0.391 e. The zero-order valence-corrected chi connectivity index (χ0v) is 10.4. The topological polar surface area (TPSA) is 75.1 Å². The summed E-state index contributed by atoms with van der Waals surface area (Å²) in [7, 11) is 0. The molecule has 18 heavy (non-hydrogen) atoms. The van der Waals surface area contributed by atoms with E-state index in [4.69, 9.17) is 0 Å². The maximum atomic E-state index is 11.5. The van der Waals surface area contributed by atoms with Crippen LogP contribution in [0.15, 0.2) is 36.5 Å². The van der Waals surface area contributed by atoms with Crippen molar-refractivity contribution in [2.24, 2.45) is 0 Å². The molecule has 1 heterocycles. The highest BCUT2D eigenvalue weighted by molar-refractivity contribution is 6.99. The summed E-state index contributed by atoms with van der Waals surface area (Å²) >= 11 is 0.981. The van der Waals surface area contributed by atoms with E-state index in [1.165, 1.54) is 6.20 Å². The average molecular weight is 263 g/mol. The monoisotopic (exact) mass is 263 g/mol. The van der Waals surface area contributed by atoms with Crippen LogP contribution < -0.4 is 5.32 Å². The van der Waals surface area contributed by atoms with Crippen molar-refractivity contribution in [3.05, 3.63) is 47.8 Å². The first-order chi connectivity index (χ1) is 8.75. The van der Waals surface area contributed by atoms with Gasteiger partial charge in [-0.1, -0.05) is 30.3 Å². The van der Waals surface area contributed by atoms with Gasteiger partial charge in [0.15, 0.2) is 5.69 Å². The van der Waals surface area contributed by atoms with Crippen LogP contribution in [0.25, 0.3) is 0 Å². The molecule has 2 aromatic rings. The van der Waals surface area contributed by atoms with Crippen LogP contribution in [0, 0.1) is 0 Å². The molecule has 94 valence electrons. The summed E-state index contributed by atoms with van der Waals surface area (Å²) in [6, 6.07) is 9.64. The first kappa shape index (κ1) is 12.7. The van der Waals surface area contributed by atoms with E-state index < -0.39 is 6.10 Å². The number of hydrogen-bond donors (Lipinski definition) is 2. The van der Waals surface area contributed by atoms with E-state index in [9.17, 15) is 9.90 Å². The molecule has 1 aromatic heterocycles. The Hall–Kier alpha value is -1.79. The number of amides is 1. The first-order valence-electron chi connectivity index (χ1n) is 5.53. The molecule has 1 amide bonds. The zero-order valence-electron chi connectivity index (χ0n) is 9.61. The fourth-order valence-electron chi connectivity index (χ4n) is 1.52. The van der Waals surface area contributed by atoms with Crippen LogP contribution in [-0.4, -0.2) is 32.4 Å². The van der Waals surface area contributed by atoms with E-state index in [-0.39, 0.29) is 18.1 Å². The predicted octanol–water partition coefficient (Wildman–Crippen LogP) is 0.871. The molecule has 0 fully saturated rings. The molecule has 0 saturated heterocycles. The van der Waals surface area contributed by atoms with Crippen molar-refractivity contribution in [2.75, 3.05) is 6.54 Å². The number of rotatable bonds is 5. The van der Waals surface area contributed by atoms with Crippen molar-refractivity contribution in [3.8, 4) is 0 Å². The Bertz CT molecular complexity index is 487. The van der Waals surface area contributed by atoms with E-state index in [1.54, 1.807) is 0 Å². The third kappa shape index (κ3) is 3.61. The van der Waals surface area contributed by atoms with E-state index >= 15 is 0 Å². The minimum atomic E-state index is -0.608. The molecule has 1 aromatic carbocycles. The summed E-state index contributed by atoms with van der Waals surface area (Å²) in [4.78, 5) is 11.5. The van der Waals surface area contributed by atoms with Gasteiger partial charge in [-0.05, 0) is 5.56 Å². The van der Waals surface area contributed by atoms with Crippen LogP contribution >= 0.6 is 11.7 Å². The molecule has 5 nitrogen and oxygen atoms in total. The van der Waals surface area contributed by atoms with Crippen LogP contribution in [0.4, 0.5) is 0 Å². The Balaban J connectivity index is 1.78. The van der Waals surface area contributed by atoms with Gasteiger partial charge in [-0.15, -0.1) is 0 Å². The van der Waals surface area contributed by atoms with Crippen molar-refractivity contribution >= 4 is 17.6 Å². The van der Waals surface area contributed by atoms with Gasteiger partial charge in [0.2, 0.25) is 0 Å². The van der Waals surface area contributed by atoms with E-state index in [0.29, 0.717) is 6.42 Å². The maximum Gasteiger partial charge on any atom is 0.272 e. The summed E-state index contributed by atoms with van der Waals surface area (Å²) in [6.07, 6.45) is 1.31. The van der Waals surface area contributed by atoms with E-state index in [0.717, 1.165) is 17.3 Å². The van der Waals surface area contributed by atoms with Gasteiger partial charge >= 0.3 is 0 Å². The van der Waals surface area contributed by atoms with Gasteiger partial charge in [0, 0.05) is 13.0 Å². The number of benzene rings is 1. The Morgan fingerprint density at radius 2 is 2.17 bits per heavy atom. The molecule has 0 aliphatic carbocycles. The number of nitrogens with one attached hydrogen (secondary N) is 1. The van der Waals surface area contributed by atoms with Crippen molar-refractivity contribution in [1.82, 2.24) is 14.1 Å². The molecule has 0 aliphatic heterocycles. The standard InChI is InChI=1S/C12H13N3O2S/c16-10(6-9-4-2-1-3-5-9)7-13-12(17)11-8-14-18-15-11/h1-5,8,10,16H,6-7H2,(H,13,17). The quantitative estimate of drug-likeness (QED) is 0.839. The van der Waals surface area contributed by atoms with Gasteiger partial charge in [-0.3, -0.25) is 4.79 Å². The van der Waals surface area contributed by atoms with E-state index in [2.05, 4.69) is 14.1 Å². The van der Waals surface area contributed by atoms with Crippen molar-refractivity contribution < 1.29 is 9.90 Å². The molecule has 1 unspecified atom stereocenters. The lowest BCUT2D eigenvalue weighted by Gasteiger charge is -2.11. The number of nitrogens with zero attached hydrogens (tertiary/aromatic N) is 2. The number of aliphatic hydroxyl groups excluding tert-OH is 1. The third-order valence-corrected chi connectivity index (χ3v) is 2.88.